The third-order valence-electron chi connectivity index (χ3n) is 4.32. The average molecular weight is 308 g/mol. The number of hydrogen-bond acceptors (Lipinski definition) is 3. The molecule has 1 heterocycles. The molecule has 0 bridgehead atoms. The lowest BCUT2D eigenvalue weighted by atomic mass is 9.88. The fourth-order valence-electron chi connectivity index (χ4n) is 2.90. The fraction of sp³-hybridized carbons (Fsp3) is 0.750. The SMILES string of the molecule is C[C@H](NC(=O)NCCO[C@@H]1CCCC[C@H]1C)c1cnn(C)c1. The van der Waals surface area contributed by atoms with Crippen LogP contribution in [0.4, 0.5) is 4.79 Å². The third-order valence-corrected chi connectivity index (χ3v) is 4.32. The van der Waals surface area contributed by atoms with Crippen molar-refractivity contribution in [2.24, 2.45) is 13.0 Å². The first-order valence-electron chi connectivity index (χ1n) is 8.20. The van der Waals surface area contributed by atoms with E-state index in [0.717, 1.165) is 12.0 Å². The molecule has 1 aromatic heterocycles. The smallest absolute Gasteiger partial charge is 0.315 e. The van der Waals surface area contributed by atoms with E-state index in [-0.39, 0.29) is 12.1 Å². The monoisotopic (exact) mass is 308 g/mol. The molecule has 124 valence electrons. The highest BCUT2D eigenvalue weighted by Gasteiger charge is 2.21. The second-order valence-electron chi connectivity index (χ2n) is 6.24. The van der Waals surface area contributed by atoms with E-state index in [4.69, 9.17) is 4.74 Å². The Balaban J connectivity index is 1.61. The Hall–Kier alpha value is -1.56. The first-order chi connectivity index (χ1) is 10.6. The van der Waals surface area contributed by atoms with E-state index < -0.39 is 0 Å². The summed E-state index contributed by atoms with van der Waals surface area (Å²) < 4.78 is 7.61. The van der Waals surface area contributed by atoms with Gasteiger partial charge < -0.3 is 15.4 Å². The highest BCUT2D eigenvalue weighted by molar-refractivity contribution is 5.74. The van der Waals surface area contributed by atoms with E-state index in [1.165, 1.54) is 19.3 Å². The van der Waals surface area contributed by atoms with Gasteiger partial charge in [0.25, 0.3) is 0 Å². The van der Waals surface area contributed by atoms with Gasteiger partial charge in [-0.25, -0.2) is 4.79 Å². The summed E-state index contributed by atoms with van der Waals surface area (Å²) in [5.41, 5.74) is 0.991. The lowest BCUT2D eigenvalue weighted by Crippen LogP contribution is -2.39. The van der Waals surface area contributed by atoms with Gasteiger partial charge in [-0.1, -0.05) is 19.8 Å². The van der Waals surface area contributed by atoms with Crippen molar-refractivity contribution in [1.82, 2.24) is 20.4 Å². The maximum atomic E-state index is 11.8. The number of amides is 2. The molecule has 0 radical (unpaired) electrons. The van der Waals surface area contributed by atoms with Crippen molar-refractivity contribution in [3.8, 4) is 0 Å². The van der Waals surface area contributed by atoms with E-state index in [2.05, 4.69) is 22.7 Å². The number of carbonyl (C=O) groups is 1. The Kier molecular flexibility index (Phi) is 6.24. The van der Waals surface area contributed by atoms with Gasteiger partial charge in [0.2, 0.25) is 0 Å². The van der Waals surface area contributed by atoms with Gasteiger partial charge in [-0.2, -0.15) is 5.10 Å². The molecule has 6 heteroatoms. The Morgan fingerprint density at radius 2 is 2.27 bits per heavy atom. The molecule has 2 rings (SSSR count). The molecule has 0 aromatic carbocycles. The molecule has 1 fully saturated rings. The molecule has 2 N–H and O–H groups in total. The van der Waals surface area contributed by atoms with Gasteiger partial charge in [0.1, 0.15) is 0 Å². The highest BCUT2D eigenvalue weighted by Crippen LogP contribution is 2.25. The second-order valence-corrected chi connectivity index (χ2v) is 6.24. The van der Waals surface area contributed by atoms with Gasteiger partial charge in [0.05, 0.1) is 24.9 Å². The molecule has 1 saturated carbocycles. The maximum absolute atomic E-state index is 11.8. The van der Waals surface area contributed by atoms with Gasteiger partial charge in [0.15, 0.2) is 0 Å². The number of nitrogens with one attached hydrogen (secondary N) is 2. The summed E-state index contributed by atoms with van der Waals surface area (Å²) in [6, 6.07) is -0.232. The Bertz CT molecular complexity index is 474. The molecular formula is C16H28N4O2. The van der Waals surface area contributed by atoms with Crippen molar-refractivity contribution in [1.29, 1.82) is 0 Å². The number of nitrogens with zero attached hydrogens (tertiary/aromatic N) is 2. The van der Waals surface area contributed by atoms with Gasteiger partial charge in [0, 0.05) is 25.4 Å². The Morgan fingerprint density at radius 3 is 2.95 bits per heavy atom. The molecule has 3 atom stereocenters. The highest BCUT2D eigenvalue weighted by atomic mass is 16.5. The van der Waals surface area contributed by atoms with Crippen LogP contribution >= 0.6 is 0 Å². The molecule has 1 aliphatic carbocycles. The largest absolute Gasteiger partial charge is 0.376 e. The molecule has 0 aliphatic heterocycles. The zero-order valence-corrected chi connectivity index (χ0v) is 13.8. The van der Waals surface area contributed by atoms with Crippen molar-refractivity contribution in [3.63, 3.8) is 0 Å². The van der Waals surface area contributed by atoms with Crippen LogP contribution in [0.5, 0.6) is 0 Å². The first kappa shape index (κ1) is 16.8. The number of aromatic nitrogens is 2. The average Bonchev–Trinajstić information content (AvgIpc) is 2.92. The van der Waals surface area contributed by atoms with Crippen molar-refractivity contribution in [3.05, 3.63) is 18.0 Å². The number of hydrogen-bond donors (Lipinski definition) is 2. The summed E-state index contributed by atoms with van der Waals surface area (Å²) >= 11 is 0. The van der Waals surface area contributed by atoms with E-state index in [1.807, 2.05) is 20.2 Å². The van der Waals surface area contributed by atoms with Crippen LogP contribution in [0.1, 0.15) is 51.1 Å². The number of ether oxygens (including phenoxy) is 1. The van der Waals surface area contributed by atoms with Gasteiger partial charge >= 0.3 is 6.03 Å². The van der Waals surface area contributed by atoms with E-state index in [9.17, 15) is 4.79 Å². The summed E-state index contributed by atoms with van der Waals surface area (Å²) in [4.78, 5) is 11.8. The lowest BCUT2D eigenvalue weighted by molar-refractivity contribution is -0.00244. The van der Waals surface area contributed by atoms with Crippen molar-refractivity contribution < 1.29 is 9.53 Å². The van der Waals surface area contributed by atoms with Gasteiger partial charge in [-0.05, 0) is 25.7 Å². The second kappa shape index (κ2) is 8.17. The zero-order valence-electron chi connectivity index (χ0n) is 13.8. The van der Waals surface area contributed by atoms with E-state index >= 15 is 0 Å². The number of aryl methyl sites for hydroxylation is 1. The van der Waals surface area contributed by atoms with Crippen LogP contribution in [0.2, 0.25) is 0 Å². The molecule has 0 saturated heterocycles. The molecule has 1 aliphatic rings. The molecule has 1 aromatic rings. The van der Waals surface area contributed by atoms with Gasteiger partial charge in [-0.15, -0.1) is 0 Å². The lowest BCUT2D eigenvalue weighted by Gasteiger charge is -2.28. The molecule has 22 heavy (non-hydrogen) atoms. The van der Waals surface area contributed by atoms with Crippen LogP contribution in [0.3, 0.4) is 0 Å². The molecular weight excluding hydrogens is 280 g/mol. The van der Waals surface area contributed by atoms with Crippen LogP contribution in [-0.2, 0) is 11.8 Å². The molecule has 2 amide bonds. The molecule has 0 unspecified atom stereocenters. The van der Waals surface area contributed by atoms with Crippen molar-refractivity contribution in [2.45, 2.75) is 51.7 Å². The Morgan fingerprint density at radius 1 is 1.50 bits per heavy atom. The van der Waals surface area contributed by atoms with E-state index in [0.29, 0.717) is 25.2 Å². The number of carbonyl (C=O) groups excluding carboxylic acids is 1. The Labute approximate surface area is 132 Å². The summed E-state index contributed by atoms with van der Waals surface area (Å²) in [5, 5.41) is 9.84. The predicted octanol–water partition coefficient (Wildman–Crippen LogP) is 2.38. The standard InChI is InChI=1S/C16H28N4O2/c1-12-6-4-5-7-15(12)22-9-8-17-16(21)19-13(2)14-10-18-20(3)11-14/h10-13,15H,4-9H2,1-3H3,(H2,17,19,21)/t12-,13+,15-/m1/s1. The van der Waals surface area contributed by atoms with Crippen molar-refractivity contribution >= 4 is 6.03 Å². The predicted molar refractivity (Wildman–Crippen MR) is 85.5 cm³/mol. The first-order valence-corrected chi connectivity index (χ1v) is 8.20. The zero-order chi connectivity index (χ0) is 15.9. The van der Waals surface area contributed by atoms with Gasteiger partial charge in [-0.3, -0.25) is 4.68 Å². The minimum atomic E-state index is -0.170. The molecule has 6 nitrogen and oxygen atoms in total. The number of urea groups is 1. The fourth-order valence-corrected chi connectivity index (χ4v) is 2.90. The topological polar surface area (TPSA) is 68.2 Å². The third kappa shape index (κ3) is 5.02. The van der Waals surface area contributed by atoms with Crippen LogP contribution in [-0.4, -0.2) is 35.1 Å². The van der Waals surface area contributed by atoms with Crippen LogP contribution in [0.15, 0.2) is 12.4 Å². The van der Waals surface area contributed by atoms with Crippen molar-refractivity contribution in [2.75, 3.05) is 13.2 Å². The summed E-state index contributed by atoms with van der Waals surface area (Å²) in [6.45, 7) is 5.30. The van der Waals surface area contributed by atoms with Crippen LogP contribution < -0.4 is 10.6 Å². The summed E-state index contributed by atoms with van der Waals surface area (Å²) in [7, 11) is 1.86. The number of rotatable bonds is 6. The minimum absolute atomic E-state index is 0.0621. The maximum Gasteiger partial charge on any atom is 0.315 e. The van der Waals surface area contributed by atoms with Crippen LogP contribution in [0.25, 0.3) is 0 Å². The molecule has 0 spiro atoms. The quantitative estimate of drug-likeness (QED) is 0.793. The van der Waals surface area contributed by atoms with E-state index in [1.54, 1.807) is 10.9 Å². The normalized spacial score (nSPS) is 23.0. The summed E-state index contributed by atoms with van der Waals surface area (Å²) in [5.74, 6) is 0.633. The summed E-state index contributed by atoms with van der Waals surface area (Å²) in [6.07, 6.45) is 8.98. The van der Waals surface area contributed by atoms with Crippen LogP contribution in [0, 0.1) is 5.92 Å². The minimum Gasteiger partial charge on any atom is -0.376 e.